The van der Waals surface area contributed by atoms with Crippen LogP contribution in [0.2, 0.25) is 0 Å². The monoisotopic (exact) mass is 245 g/mol. The van der Waals surface area contributed by atoms with Gasteiger partial charge >= 0.3 is 0 Å². The number of nitrogens with one attached hydrogen (secondary N) is 2. The van der Waals surface area contributed by atoms with Crippen molar-refractivity contribution in [2.75, 3.05) is 11.9 Å². The predicted molar refractivity (Wildman–Crippen MR) is 73.6 cm³/mol. The Kier molecular flexibility index (Phi) is 3.97. The predicted octanol–water partition coefficient (Wildman–Crippen LogP) is 2.31. The van der Waals surface area contributed by atoms with Crippen molar-refractivity contribution < 1.29 is 4.79 Å². The van der Waals surface area contributed by atoms with E-state index in [1.807, 2.05) is 38.1 Å². The van der Waals surface area contributed by atoms with Crippen molar-refractivity contribution >= 4 is 17.3 Å². The molecule has 1 saturated carbocycles. The van der Waals surface area contributed by atoms with Gasteiger partial charge in [-0.05, 0) is 44.2 Å². The van der Waals surface area contributed by atoms with E-state index in [9.17, 15) is 4.79 Å². The van der Waals surface area contributed by atoms with Crippen molar-refractivity contribution in [3.05, 3.63) is 29.8 Å². The number of rotatable bonds is 5. The molecule has 0 bridgehead atoms. The van der Waals surface area contributed by atoms with Crippen LogP contribution in [-0.2, 0) is 4.79 Å². The fourth-order valence-corrected chi connectivity index (χ4v) is 1.73. The van der Waals surface area contributed by atoms with Gasteiger partial charge in [-0.1, -0.05) is 18.2 Å². The van der Waals surface area contributed by atoms with Crippen molar-refractivity contribution in [3.8, 4) is 0 Å². The molecule has 0 aliphatic heterocycles. The van der Waals surface area contributed by atoms with E-state index >= 15 is 0 Å². The van der Waals surface area contributed by atoms with Gasteiger partial charge in [0, 0.05) is 11.4 Å². The number of hydrogen-bond donors (Lipinski definition) is 2. The molecule has 18 heavy (non-hydrogen) atoms. The lowest BCUT2D eigenvalue weighted by Gasteiger charge is -2.08. The maximum absolute atomic E-state index is 11.6. The lowest BCUT2D eigenvalue weighted by molar-refractivity contribution is -0.119. The van der Waals surface area contributed by atoms with Crippen LogP contribution in [0.5, 0.6) is 0 Å². The van der Waals surface area contributed by atoms with Crippen LogP contribution in [0.25, 0.3) is 0 Å². The van der Waals surface area contributed by atoms with Crippen LogP contribution < -0.4 is 10.7 Å². The van der Waals surface area contributed by atoms with E-state index in [1.165, 1.54) is 12.8 Å². The Morgan fingerprint density at radius 3 is 2.78 bits per heavy atom. The molecule has 1 fully saturated rings. The number of aryl methyl sites for hydroxylation is 1. The van der Waals surface area contributed by atoms with Gasteiger partial charge < -0.3 is 5.32 Å². The molecule has 4 nitrogen and oxygen atoms in total. The average Bonchev–Trinajstić information content (AvgIpc) is 3.19. The fraction of sp³-hybridized carbons (Fsp3) is 0.429. The second kappa shape index (κ2) is 5.67. The summed E-state index contributed by atoms with van der Waals surface area (Å²) in [6.07, 6.45) is 2.40. The standard InChI is InChI=1S/C14H19N3O/c1-10-5-3-4-6-13(10)15-9-14(18)17-16-11(2)12-7-8-12/h3-6,12,15H,7-9H2,1-2H3,(H,17,18)/b16-11+. The topological polar surface area (TPSA) is 53.5 Å². The maximum Gasteiger partial charge on any atom is 0.259 e. The number of para-hydroxylation sites is 1. The van der Waals surface area contributed by atoms with Crippen molar-refractivity contribution in [3.63, 3.8) is 0 Å². The molecule has 2 N–H and O–H groups in total. The van der Waals surface area contributed by atoms with E-state index in [0.29, 0.717) is 5.92 Å². The van der Waals surface area contributed by atoms with Gasteiger partial charge in [-0.3, -0.25) is 4.79 Å². The Morgan fingerprint density at radius 2 is 2.11 bits per heavy atom. The summed E-state index contributed by atoms with van der Waals surface area (Å²) in [6.45, 7) is 4.22. The van der Waals surface area contributed by atoms with Gasteiger partial charge in [0.25, 0.3) is 5.91 Å². The fourth-order valence-electron chi connectivity index (χ4n) is 1.73. The summed E-state index contributed by atoms with van der Waals surface area (Å²) in [5.41, 5.74) is 5.72. The Bertz CT molecular complexity index is 464. The van der Waals surface area contributed by atoms with E-state index < -0.39 is 0 Å². The summed E-state index contributed by atoms with van der Waals surface area (Å²) in [6, 6.07) is 7.89. The molecule has 1 aliphatic carbocycles. The third kappa shape index (κ3) is 3.58. The first-order chi connectivity index (χ1) is 8.66. The van der Waals surface area contributed by atoms with Crippen LogP contribution in [0.4, 0.5) is 5.69 Å². The highest BCUT2D eigenvalue weighted by molar-refractivity contribution is 5.88. The Hall–Kier alpha value is -1.84. The van der Waals surface area contributed by atoms with E-state index in [-0.39, 0.29) is 12.5 Å². The molecular weight excluding hydrogens is 226 g/mol. The molecule has 0 radical (unpaired) electrons. The van der Waals surface area contributed by atoms with Crippen molar-refractivity contribution in [2.45, 2.75) is 26.7 Å². The largest absolute Gasteiger partial charge is 0.376 e. The minimum Gasteiger partial charge on any atom is -0.376 e. The molecule has 0 spiro atoms. The maximum atomic E-state index is 11.6. The van der Waals surface area contributed by atoms with E-state index in [4.69, 9.17) is 0 Å². The van der Waals surface area contributed by atoms with E-state index in [1.54, 1.807) is 0 Å². The smallest absolute Gasteiger partial charge is 0.259 e. The van der Waals surface area contributed by atoms with Crippen LogP contribution in [-0.4, -0.2) is 18.2 Å². The average molecular weight is 245 g/mol. The molecule has 0 aromatic heterocycles. The second-order valence-electron chi connectivity index (χ2n) is 4.73. The van der Waals surface area contributed by atoms with Gasteiger partial charge in [0.2, 0.25) is 0 Å². The summed E-state index contributed by atoms with van der Waals surface area (Å²) in [5.74, 6) is 0.480. The molecule has 1 aliphatic rings. The number of nitrogens with zero attached hydrogens (tertiary/aromatic N) is 1. The van der Waals surface area contributed by atoms with Crippen LogP contribution in [0.1, 0.15) is 25.3 Å². The Labute approximate surface area is 107 Å². The number of anilines is 1. The lowest BCUT2D eigenvalue weighted by atomic mass is 10.2. The zero-order valence-electron chi connectivity index (χ0n) is 10.9. The molecule has 0 saturated heterocycles. The highest BCUT2D eigenvalue weighted by Crippen LogP contribution is 2.30. The molecule has 1 amide bonds. The second-order valence-corrected chi connectivity index (χ2v) is 4.73. The number of carbonyl (C=O) groups is 1. The third-order valence-corrected chi connectivity index (χ3v) is 3.11. The molecule has 0 unspecified atom stereocenters. The highest BCUT2D eigenvalue weighted by Gasteiger charge is 2.24. The van der Waals surface area contributed by atoms with E-state index in [0.717, 1.165) is 17.0 Å². The van der Waals surface area contributed by atoms with Gasteiger partial charge in [-0.15, -0.1) is 0 Å². The Morgan fingerprint density at radius 1 is 1.39 bits per heavy atom. The molecule has 2 rings (SSSR count). The first-order valence-electron chi connectivity index (χ1n) is 6.29. The van der Waals surface area contributed by atoms with Gasteiger partial charge in [-0.2, -0.15) is 5.10 Å². The van der Waals surface area contributed by atoms with Crippen molar-refractivity contribution in [1.29, 1.82) is 0 Å². The molecule has 0 atom stereocenters. The lowest BCUT2D eigenvalue weighted by Crippen LogP contribution is -2.27. The first kappa shape index (κ1) is 12.6. The van der Waals surface area contributed by atoms with Gasteiger partial charge in [-0.25, -0.2) is 5.43 Å². The minimum absolute atomic E-state index is 0.113. The van der Waals surface area contributed by atoms with Crippen LogP contribution >= 0.6 is 0 Å². The number of hydrazone groups is 1. The molecule has 1 aromatic rings. The van der Waals surface area contributed by atoms with Crippen LogP contribution in [0, 0.1) is 12.8 Å². The number of hydrogen-bond acceptors (Lipinski definition) is 3. The summed E-state index contributed by atoms with van der Waals surface area (Å²) in [7, 11) is 0. The SMILES string of the molecule is C/C(=N\NC(=O)CNc1ccccc1C)C1CC1. The normalized spacial score (nSPS) is 15.3. The van der Waals surface area contributed by atoms with Crippen LogP contribution in [0.15, 0.2) is 29.4 Å². The summed E-state index contributed by atoms with van der Waals surface area (Å²) < 4.78 is 0. The quantitative estimate of drug-likeness (QED) is 0.618. The zero-order valence-corrected chi connectivity index (χ0v) is 10.9. The number of benzene rings is 1. The molecular formula is C14H19N3O. The van der Waals surface area contributed by atoms with E-state index in [2.05, 4.69) is 15.8 Å². The minimum atomic E-state index is -0.113. The van der Waals surface area contributed by atoms with Crippen molar-refractivity contribution in [2.24, 2.45) is 11.0 Å². The van der Waals surface area contributed by atoms with Gasteiger partial charge in [0.15, 0.2) is 0 Å². The third-order valence-electron chi connectivity index (χ3n) is 3.11. The molecule has 0 heterocycles. The van der Waals surface area contributed by atoms with Gasteiger partial charge in [0.05, 0.1) is 6.54 Å². The molecule has 96 valence electrons. The van der Waals surface area contributed by atoms with Gasteiger partial charge in [0.1, 0.15) is 0 Å². The van der Waals surface area contributed by atoms with Crippen molar-refractivity contribution in [1.82, 2.24) is 5.43 Å². The molecule has 4 heteroatoms. The Balaban J connectivity index is 1.78. The molecule has 1 aromatic carbocycles. The highest BCUT2D eigenvalue weighted by atomic mass is 16.2. The summed E-state index contributed by atoms with van der Waals surface area (Å²) >= 11 is 0. The number of carbonyl (C=O) groups excluding carboxylic acids is 1. The van der Waals surface area contributed by atoms with Crippen LogP contribution in [0.3, 0.4) is 0 Å². The summed E-state index contributed by atoms with van der Waals surface area (Å²) in [5, 5.41) is 7.20. The number of amides is 1. The first-order valence-corrected chi connectivity index (χ1v) is 6.29. The summed E-state index contributed by atoms with van der Waals surface area (Å²) in [4.78, 5) is 11.6. The zero-order chi connectivity index (χ0) is 13.0.